The number of hydrogen-bond acceptors (Lipinski definition) is 4. The van der Waals surface area contributed by atoms with Crippen LogP contribution in [0.3, 0.4) is 0 Å². The minimum atomic E-state index is -1.65. The Labute approximate surface area is 94.9 Å². The van der Waals surface area contributed by atoms with Gasteiger partial charge in [0.1, 0.15) is 17.7 Å². The Hall–Kier alpha value is -1.89. The van der Waals surface area contributed by atoms with Crippen molar-refractivity contribution in [1.82, 2.24) is 0 Å². The van der Waals surface area contributed by atoms with Gasteiger partial charge >= 0.3 is 0 Å². The molecule has 0 fully saturated rings. The van der Waals surface area contributed by atoms with E-state index in [1.54, 1.807) is 0 Å². The summed E-state index contributed by atoms with van der Waals surface area (Å²) in [5.41, 5.74) is 12.5. The topological polar surface area (TPSA) is 115 Å². The van der Waals surface area contributed by atoms with E-state index in [0.29, 0.717) is 6.07 Å². The van der Waals surface area contributed by atoms with Crippen LogP contribution in [0, 0.1) is 11.6 Å². The second kappa shape index (κ2) is 5.44. The highest BCUT2D eigenvalue weighted by molar-refractivity contribution is 5.44. The van der Waals surface area contributed by atoms with Crippen molar-refractivity contribution in [2.24, 2.45) is 5.11 Å². The van der Waals surface area contributed by atoms with Crippen molar-refractivity contribution in [2.45, 2.75) is 12.2 Å². The molecule has 17 heavy (non-hydrogen) atoms. The first-order valence-corrected chi connectivity index (χ1v) is 4.58. The molecule has 2 unspecified atom stereocenters. The maximum atomic E-state index is 13.3. The van der Waals surface area contributed by atoms with Gasteiger partial charge in [0.05, 0.1) is 18.3 Å². The van der Waals surface area contributed by atoms with Crippen molar-refractivity contribution >= 4 is 5.69 Å². The molecule has 0 spiro atoms. The van der Waals surface area contributed by atoms with Crippen LogP contribution in [0.5, 0.6) is 0 Å². The van der Waals surface area contributed by atoms with Crippen LogP contribution in [0.15, 0.2) is 17.2 Å². The smallest absolute Gasteiger partial charge is 0.149 e. The van der Waals surface area contributed by atoms with E-state index >= 15 is 0 Å². The van der Waals surface area contributed by atoms with Crippen molar-refractivity contribution in [3.05, 3.63) is 39.8 Å². The van der Waals surface area contributed by atoms with E-state index < -0.39 is 30.4 Å². The van der Waals surface area contributed by atoms with E-state index in [-0.39, 0.29) is 11.3 Å². The molecule has 0 aliphatic rings. The number of aliphatic hydroxyl groups excluding tert-OH is 2. The summed E-state index contributed by atoms with van der Waals surface area (Å²) in [4.78, 5) is 2.38. The Kier molecular flexibility index (Phi) is 4.22. The molecule has 92 valence electrons. The van der Waals surface area contributed by atoms with Crippen LogP contribution in [0.2, 0.25) is 0 Å². The molecule has 8 heteroatoms. The maximum Gasteiger partial charge on any atom is 0.149 e. The largest absolute Gasteiger partial charge is 0.396 e. The molecule has 0 aliphatic carbocycles. The lowest BCUT2D eigenvalue weighted by atomic mass is 10.0. The zero-order chi connectivity index (χ0) is 13.0. The van der Waals surface area contributed by atoms with Gasteiger partial charge in [-0.1, -0.05) is 5.11 Å². The molecule has 4 N–H and O–H groups in total. The molecule has 0 saturated heterocycles. The summed E-state index contributed by atoms with van der Waals surface area (Å²) in [5.74, 6) is -1.99. The first kappa shape index (κ1) is 13.2. The number of aliphatic hydroxyl groups is 2. The summed E-state index contributed by atoms with van der Waals surface area (Å²) in [6.45, 7) is -0.436. The molecule has 0 aromatic heterocycles. The molecule has 1 rings (SSSR count). The second-order valence-corrected chi connectivity index (χ2v) is 3.32. The molecule has 0 amide bonds. The van der Waals surface area contributed by atoms with Crippen LogP contribution in [-0.4, -0.2) is 22.9 Å². The monoisotopic (exact) mass is 244 g/mol. The number of azide groups is 1. The fourth-order valence-corrected chi connectivity index (χ4v) is 1.24. The van der Waals surface area contributed by atoms with Gasteiger partial charge < -0.3 is 15.9 Å². The van der Waals surface area contributed by atoms with Gasteiger partial charge in [-0.3, -0.25) is 0 Å². The predicted octanol–water partition coefficient (Wildman–Crippen LogP) is 1.25. The number of nitrogens with zero attached hydrogens (tertiary/aromatic N) is 3. The SMILES string of the molecule is [N-]=[N+]=NCC(O)C(O)c1cc(N)c(F)cc1F. The van der Waals surface area contributed by atoms with E-state index in [1.807, 2.05) is 0 Å². The number of anilines is 1. The quantitative estimate of drug-likeness (QED) is 0.320. The summed E-state index contributed by atoms with van der Waals surface area (Å²) >= 11 is 0. The molecule has 6 nitrogen and oxygen atoms in total. The minimum Gasteiger partial charge on any atom is -0.396 e. The third-order valence-corrected chi connectivity index (χ3v) is 2.13. The van der Waals surface area contributed by atoms with Gasteiger partial charge in [0.15, 0.2) is 0 Å². The molecule has 0 aliphatic heterocycles. The lowest BCUT2D eigenvalue weighted by molar-refractivity contribution is 0.0222. The van der Waals surface area contributed by atoms with Crippen LogP contribution in [0.25, 0.3) is 10.4 Å². The molecule has 0 bridgehead atoms. The lowest BCUT2D eigenvalue weighted by Crippen LogP contribution is -2.22. The molecule has 1 aromatic rings. The molecule has 1 aromatic carbocycles. The van der Waals surface area contributed by atoms with Crippen LogP contribution >= 0.6 is 0 Å². The summed E-state index contributed by atoms with van der Waals surface area (Å²) in [5, 5.41) is 22.0. The predicted molar refractivity (Wildman–Crippen MR) is 55.8 cm³/mol. The third-order valence-electron chi connectivity index (χ3n) is 2.13. The van der Waals surface area contributed by atoms with E-state index in [2.05, 4.69) is 10.0 Å². The van der Waals surface area contributed by atoms with Gasteiger partial charge in [0.2, 0.25) is 0 Å². The third kappa shape index (κ3) is 3.04. The van der Waals surface area contributed by atoms with E-state index in [1.165, 1.54) is 0 Å². The van der Waals surface area contributed by atoms with E-state index in [0.717, 1.165) is 6.07 Å². The summed E-state index contributed by atoms with van der Waals surface area (Å²) in [6.07, 6.45) is -3.14. The van der Waals surface area contributed by atoms with Crippen molar-refractivity contribution < 1.29 is 19.0 Å². The maximum absolute atomic E-state index is 13.3. The molecular formula is C9H10F2N4O2. The number of nitrogen functional groups attached to an aromatic ring is 1. The second-order valence-electron chi connectivity index (χ2n) is 3.32. The zero-order valence-corrected chi connectivity index (χ0v) is 8.59. The summed E-state index contributed by atoms with van der Waals surface area (Å²) < 4.78 is 26.1. The van der Waals surface area contributed by atoms with Crippen LogP contribution < -0.4 is 5.73 Å². The van der Waals surface area contributed by atoms with Crippen molar-refractivity contribution in [3.63, 3.8) is 0 Å². The Morgan fingerprint density at radius 2 is 2.00 bits per heavy atom. The van der Waals surface area contributed by atoms with Crippen LogP contribution in [-0.2, 0) is 0 Å². The van der Waals surface area contributed by atoms with Crippen LogP contribution in [0.4, 0.5) is 14.5 Å². The summed E-state index contributed by atoms with van der Waals surface area (Å²) in [7, 11) is 0. The number of nitrogens with two attached hydrogens (primary N) is 1. The molecular weight excluding hydrogens is 234 g/mol. The van der Waals surface area contributed by atoms with Gasteiger partial charge in [0, 0.05) is 16.5 Å². The fourth-order valence-electron chi connectivity index (χ4n) is 1.24. The standard InChI is InChI=1S/C9H10F2N4O2/c10-5-2-6(11)7(12)1-4(5)9(17)8(16)3-14-15-13/h1-2,8-9,16-17H,3,12H2. The van der Waals surface area contributed by atoms with Gasteiger partial charge in [0.25, 0.3) is 0 Å². The number of benzene rings is 1. The van der Waals surface area contributed by atoms with Crippen LogP contribution in [0.1, 0.15) is 11.7 Å². The first-order valence-electron chi connectivity index (χ1n) is 4.58. The Balaban J connectivity index is 2.99. The Bertz CT molecular complexity index is 463. The number of rotatable bonds is 4. The zero-order valence-electron chi connectivity index (χ0n) is 8.59. The van der Waals surface area contributed by atoms with Crippen molar-refractivity contribution in [3.8, 4) is 0 Å². The first-order chi connectivity index (χ1) is 7.97. The average Bonchev–Trinajstić information content (AvgIpc) is 2.29. The van der Waals surface area contributed by atoms with E-state index in [4.69, 9.17) is 11.3 Å². The molecule has 2 atom stereocenters. The number of halogens is 2. The normalized spacial score (nSPS) is 13.9. The number of hydrogen-bond donors (Lipinski definition) is 3. The highest BCUT2D eigenvalue weighted by Gasteiger charge is 2.22. The van der Waals surface area contributed by atoms with Crippen molar-refractivity contribution in [2.75, 3.05) is 12.3 Å². The van der Waals surface area contributed by atoms with Gasteiger partial charge in [-0.25, -0.2) is 8.78 Å². The summed E-state index contributed by atoms with van der Waals surface area (Å²) in [6, 6.07) is 1.39. The Morgan fingerprint density at radius 3 is 2.59 bits per heavy atom. The highest BCUT2D eigenvalue weighted by atomic mass is 19.1. The minimum absolute atomic E-state index is 0.351. The Morgan fingerprint density at radius 1 is 1.35 bits per heavy atom. The lowest BCUT2D eigenvalue weighted by Gasteiger charge is -2.17. The molecule has 0 radical (unpaired) electrons. The van der Waals surface area contributed by atoms with Gasteiger partial charge in [-0.05, 0) is 11.6 Å². The average molecular weight is 244 g/mol. The molecule has 0 heterocycles. The van der Waals surface area contributed by atoms with Gasteiger partial charge in [-0.15, -0.1) is 0 Å². The highest BCUT2D eigenvalue weighted by Crippen LogP contribution is 2.24. The fraction of sp³-hybridized carbons (Fsp3) is 0.333. The molecule has 0 saturated carbocycles. The van der Waals surface area contributed by atoms with Gasteiger partial charge in [-0.2, -0.15) is 0 Å². The van der Waals surface area contributed by atoms with Crippen molar-refractivity contribution in [1.29, 1.82) is 0 Å². The van der Waals surface area contributed by atoms with E-state index in [9.17, 15) is 19.0 Å².